The van der Waals surface area contributed by atoms with Gasteiger partial charge in [0.15, 0.2) is 11.5 Å². The smallest absolute Gasteiger partial charge is 0.234 e. The molecular weight excluding hydrogens is 296 g/mol. The molecule has 1 amide bonds. The maximum atomic E-state index is 11.8. The summed E-state index contributed by atoms with van der Waals surface area (Å²) in [6, 6.07) is 11.1. The van der Waals surface area contributed by atoms with Crippen LogP contribution >= 0.6 is 0 Å². The van der Waals surface area contributed by atoms with Crippen LogP contribution in [0.2, 0.25) is 0 Å². The zero-order chi connectivity index (χ0) is 16.5. The van der Waals surface area contributed by atoms with Crippen molar-refractivity contribution in [1.29, 1.82) is 0 Å². The summed E-state index contributed by atoms with van der Waals surface area (Å²) in [5, 5.41) is 5.89. The summed E-state index contributed by atoms with van der Waals surface area (Å²) in [4.78, 5) is 11.8. The normalized spacial score (nSPS) is 11.7. The van der Waals surface area contributed by atoms with E-state index in [0.717, 1.165) is 5.76 Å². The summed E-state index contributed by atoms with van der Waals surface area (Å²) in [5.74, 6) is 2.05. The van der Waals surface area contributed by atoms with Crippen molar-refractivity contribution in [1.82, 2.24) is 10.6 Å². The highest BCUT2D eigenvalue weighted by Gasteiger charge is 2.09. The average molecular weight is 318 g/mol. The maximum absolute atomic E-state index is 11.8. The molecule has 2 rings (SSSR count). The van der Waals surface area contributed by atoms with Crippen molar-refractivity contribution in [3.63, 3.8) is 0 Å². The van der Waals surface area contributed by atoms with E-state index in [-0.39, 0.29) is 18.5 Å². The van der Waals surface area contributed by atoms with Crippen molar-refractivity contribution in [2.24, 2.45) is 0 Å². The minimum absolute atomic E-state index is 0.0134. The Hall–Kier alpha value is -2.47. The maximum Gasteiger partial charge on any atom is 0.234 e. The van der Waals surface area contributed by atoms with Gasteiger partial charge in [-0.05, 0) is 31.2 Å². The Labute approximate surface area is 135 Å². The first-order valence-electron chi connectivity index (χ1n) is 7.50. The lowest BCUT2D eigenvalue weighted by atomic mass is 10.2. The van der Waals surface area contributed by atoms with Gasteiger partial charge in [0.25, 0.3) is 0 Å². The molecule has 6 heteroatoms. The van der Waals surface area contributed by atoms with E-state index >= 15 is 0 Å². The van der Waals surface area contributed by atoms with Gasteiger partial charge >= 0.3 is 0 Å². The lowest BCUT2D eigenvalue weighted by Crippen LogP contribution is -2.36. The minimum Gasteiger partial charge on any atom is -0.493 e. The fourth-order valence-corrected chi connectivity index (χ4v) is 2.04. The molecule has 1 atom stereocenters. The number of para-hydroxylation sites is 2. The molecule has 6 nitrogen and oxygen atoms in total. The zero-order valence-corrected chi connectivity index (χ0v) is 13.4. The molecule has 0 saturated heterocycles. The first-order chi connectivity index (χ1) is 11.2. The van der Waals surface area contributed by atoms with Crippen molar-refractivity contribution in [3.05, 3.63) is 48.4 Å². The molecule has 0 fully saturated rings. The van der Waals surface area contributed by atoms with Gasteiger partial charge in [0, 0.05) is 0 Å². The van der Waals surface area contributed by atoms with Gasteiger partial charge < -0.3 is 19.2 Å². The molecule has 2 aromatic rings. The van der Waals surface area contributed by atoms with Crippen LogP contribution < -0.4 is 20.1 Å². The summed E-state index contributed by atoms with van der Waals surface area (Å²) in [6.45, 7) is 2.96. The van der Waals surface area contributed by atoms with Crippen LogP contribution in [-0.2, 0) is 4.79 Å². The summed E-state index contributed by atoms with van der Waals surface area (Å²) in [7, 11) is 1.59. The van der Waals surface area contributed by atoms with E-state index in [4.69, 9.17) is 13.9 Å². The number of amides is 1. The van der Waals surface area contributed by atoms with Crippen molar-refractivity contribution < 1.29 is 18.7 Å². The number of ether oxygens (including phenoxy) is 2. The average Bonchev–Trinajstić information content (AvgIpc) is 3.11. The topological polar surface area (TPSA) is 72.7 Å². The molecule has 1 aromatic heterocycles. The lowest BCUT2D eigenvalue weighted by molar-refractivity contribution is -0.120. The van der Waals surface area contributed by atoms with E-state index in [1.165, 1.54) is 0 Å². The molecule has 0 saturated carbocycles. The largest absolute Gasteiger partial charge is 0.493 e. The van der Waals surface area contributed by atoms with Crippen LogP contribution in [0.15, 0.2) is 47.1 Å². The Morgan fingerprint density at radius 1 is 1.22 bits per heavy atom. The molecule has 0 aliphatic carbocycles. The number of carbonyl (C=O) groups excluding carboxylic acids is 1. The summed E-state index contributed by atoms with van der Waals surface area (Å²) in [6.07, 6.45) is 1.61. The molecule has 1 aromatic carbocycles. The Bertz CT molecular complexity index is 598. The molecule has 1 heterocycles. The van der Waals surface area contributed by atoms with Crippen LogP contribution in [0.1, 0.15) is 18.7 Å². The second-order valence-corrected chi connectivity index (χ2v) is 4.97. The molecule has 0 unspecified atom stereocenters. The SMILES string of the molecule is COc1ccccc1OCCNC(=O)CN[C@@H](C)c1ccco1. The Balaban J connectivity index is 1.63. The predicted molar refractivity (Wildman–Crippen MR) is 86.6 cm³/mol. The Morgan fingerprint density at radius 2 is 2.00 bits per heavy atom. The van der Waals surface area contributed by atoms with E-state index < -0.39 is 0 Å². The molecule has 124 valence electrons. The van der Waals surface area contributed by atoms with Gasteiger partial charge in [-0.15, -0.1) is 0 Å². The number of hydrogen-bond acceptors (Lipinski definition) is 5. The van der Waals surface area contributed by atoms with Crippen LogP contribution in [0.25, 0.3) is 0 Å². The third-order valence-electron chi connectivity index (χ3n) is 3.29. The fraction of sp³-hybridized carbons (Fsp3) is 0.353. The number of carbonyl (C=O) groups is 1. The Morgan fingerprint density at radius 3 is 2.70 bits per heavy atom. The van der Waals surface area contributed by atoms with Crippen molar-refractivity contribution in [2.45, 2.75) is 13.0 Å². The second kappa shape index (κ2) is 8.85. The number of benzene rings is 1. The van der Waals surface area contributed by atoms with Gasteiger partial charge in [-0.1, -0.05) is 12.1 Å². The van der Waals surface area contributed by atoms with Crippen molar-refractivity contribution in [2.75, 3.05) is 26.8 Å². The molecule has 23 heavy (non-hydrogen) atoms. The molecule has 0 radical (unpaired) electrons. The second-order valence-electron chi connectivity index (χ2n) is 4.97. The van der Waals surface area contributed by atoms with E-state index in [1.807, 2.05) is 43.3 Å². The first-order valence-corrected chi connectivity index (χ1v) is 7.50. The highest BCUT2D eigenvalue weighted by Crippen LogP contribution is 2.25. The number of nitrogens with one attached hydrogen (secondary N) is 2. The highest BCUT2D eigenvalue weighted by molar-refractivity contribution is 5.78. The van der Waals surface area contributed by atoms with Gasteiger partial charge in [0.05, 0.1) is 32.5 Å². The number of furan rings is 1. The van der Waals surface area contributed by atoms with Crippen molar-refractivity contribution >= 4 is 5.91 Å². The van der Waals surface area contributed by atoms with Crippen LogP contribution in [-0.4, -0.2) is 32.7 Å². The monoisotopic (exact) mass is 318 g/mol. The quantitative estimate of drug-likeness (QED) is 0.693. The molecule has 0 aliphatic rings. The number of hydrogen-bond donors (Lipinski definition) is 2. The van der Waals surface area contributed by atoms with E-state index in [0.29, 0.717) is 24.7 Å². The van der Waals surface area contributed by atoms with Crippen molar-refractivity contribution in [3.8, 4) is 11.5 Å². The molecular formula is C17H22N2O4. The Kier molecular flexibility index (Phi) is 6.50. The van der Waals surface area contributed by atoms with Gasteiger partial charge in [0.1, 0.15) is 12.4 Å². The first kappa shape index (κ1) is 16.9. The van der Waals surface area contributed by atoms with E-state index in [2.05, 4.69) is 10.6 Å². The van der Waals surface area contributed by atoms with Gasteiger partial charge in [-0.25, -0.2) is 0 Å². The van der Waals surface area contributed by atoms with Crippen LogP contribution in [0.4, 0.5) is 0 Å². The predicted octanol–water partition coefficient (Wildman–Crippen LogP) is 2.13. The fourth-order valence-electron chi connectivity index (χ4n) is 2.04. The van der Waals surface area contributed by atoms with Crippen LogP contribution in [0.3, 0.4) is 0 Å². The third kappa shape index (κ3) is 5.34. The summed E-state index contributed by atoms with van der Waals surface area (Å²) < 4.78 is 16.1. The molecule has 0 spiro atoms. The minimum atomic E-state index is -0.0907. The third-order valence-corrected chi connectivity index (χ3v) is 3.29. The standard InChI is InChI=1S/C17H22N2O4/c1-13(14-8-5-10-22-14)19-12-17(20)18-9-11-23-16-7-4-3-6-15(16)21-2/h3-8,10,13,19H,9,11-12H2,1-2H3,(H,18,20)/t13-/m0/s1. The molecule has 0 aliphatic heterocycles. The highest BCUT2D eigenvalue weighted by atomic mass is 16.5. The zero-order valence-electron chi connectivity index (χ0n) is 13.4. The molecule has 0 bridgehead atoms. The number of rotatable bonds is 9. The molecule has 2 N–H and O–H groups in total. The van der Waals surface area contributed by atoms with Gasteiger partial charge in [0.2, 0.25) is 5.91 Å². The van der Waals surface area contributed by atoms with Gasteiger partial charge in [-0.3, -0.25) is 10.1 Å². The van der Waals surface area contributed by atoms with E-state index in [9.17, 15) is 4.79 Å². The van der Waals surface area contributed by atoms with Crippen LogP contribution in [0, 0.1) is 0 Å². The summed E-state index contributed by atoms with van der Waals surface area (Å²) >= 11 is 0. The summed E-state index contributed by atoms with van der Waals surface area (Å²) in [5.41, 5.74) is 0. The van der Waals surface area contributed by atoms with Gasteiger partial charge in [-0.2, -0.15) is 0 Å². The van der Waals surface area contributed by atoms with Crippen LogP contribution in [0.5, 0.6) is 11.5 Å². The number of methoxy groups -OCH3 is 1. The lowest BCUT2D eigenvalue weighted by Gasteiger charge is -2.12. The van der Waals surface area contributed by atoms with E-state index in [1.54, 1.807) is 13.4 Å².